The number of hydrogen-bond donors (Lipinski definition) is 2. The lowest BCUT2D eigenvalue weighted by Crippen LogP contribution is -2.40. The lowest BCUT2D eigenvalue weighted by atomic mass is 10.1. The Morgan fingerprint density at radius 1 is 1.12 bits per heavy atom. The molecule has 0 spiro atoms. The Morgan fingerprint density at radius 2 is 1.94 bits per heavy atom. The van der Waals surface area contributed by atoms with E-state index in [1.807, 2.05) is 54.3 Å². The predicted molar refractivity (Wildman–Crippen MR) is 133 cm³/mol. The molecule has 0 fully saturated rings. The second-order valence-electron chi connectivity index (χ2n) is 7.72. The van der Waals surface area contributed by atoms with Gasteiger partial charge in [-0.25, -0.2) is 0 Å². The van der Waals surface area contributed by atoms with Gasteiger partial charge in [0.05, 0.1) is 19.4 Å². The van der Waals surface area contributed by atoms with Gasteiger partial charge in [0.2, 0.25) is 0 Å². The zero-order chi connectivity index (χ0) is 22.5. The molecule has 32 heavy (non-hydrogen) atoms. The molecular weight excluding hydrogens is 442 g/mol. The number of halogens is 1. The standard InChI is InChI=1S/C25H24ClN3O2S/c1-17-12-19-13-20(24(30)28-23(19)14-22(17)26)15-29(16-21-8-5-11-31-21)25(32)27-10-9-18-6-3-2-4-7-18/h2-8,11-14H,9-10,15-16H2,1H3,(H,27,32)(H,28,30). The van der Waals surface area contributed by atoms with E-state index in [4.69, 9.17) is 28.2 Å². The van der Waals surface area contributed by atoms with Crippen LogP contribution in [-0.4, -0.2) is 21.5 Å². The van der Waals surface area contributed by atoms with Crippen LogP contribution in [-0.2, 0) is 19.5 Å². The molecule has 7 heteroatoms. The first-order valence-electron chi connectivity index (χ1n) is 10.4. The van der Waals surface area contributed by atoms with E-state index >= 15 is 0 Å². The predicted octanol–water partition coefficient (Wildman–Crippen LogP) is 5.20. The van der Waals surface area contributed by atoms with Crippen molar-refractivity contribution in [2.45, 2.75) is 26.4 Å². The van der Waals surface area contributed by atoms with Gasteiger partial charge in [-0.15, -0.1) is 0 Å². The maximum absolute atomic E-state index is 12.8. The van der Waals surface area contributed by atoms with Crippen molar-refractivity contribution in [1.82, 2.24) is 15.2 Å². The molecule has 0 radical (unpaired) electrons. The third-order valence-corrected chi connectivity index (χ3v) is 6.12. The summed E-state index contributed by atoms with van der Waals surface area (Å²) in [4.78, 5) is 17.7. The number of aryl methyl sites for hydroxylation is 1. The molecule has 2 heterocycles. The second-order valence-corrected chi connectivity index (χ2v) is 8.51. The van der Waals surface area contributed by atoms with E-state index in [1.54, 1.807) is 12.3 Å². The van der Waals surface area contributed by atoms with Gasteiger partial charge >= 0.3 is 0 Å². The second kappa shape index (κ2) is 10.0. The van der Waals surface area contributed by atoms with Gasteiger partial charge in [-0.2, -0.15) is 0 Å². The number of pyridine rings is 1. The van der Waals surface area contributed by atoms with Crippen molar-refractivity contribution in [3.05, 3.63) is 105 Å². The Kier molecular flexibility index (Phi) is 6.93. The van der Waals surface area contributed by atoms with Crippen molar-refractivity contribution >= 4 is 39.8 Å². The zero-order valence-corrected chi connectivity index (χ0v) is 19.3. The van der Waals surface area contributed by atoms with E-state index < -0.39 is 0 Å². The molecule has 164 valence electrons. The summed E-state index contributed by atoms with van der Waals surface area (Å²) in [5, 5.41) is 5.46. The third kappa shape index (κ3) is 5.39. The average molecular weight is 466 g/mol. The summed E-state index contributed by atoms with van der Waals surface area (Å²) in [6.07, 6.45) is 2.49. The van der Waals surface area contributed by atoms with Crippen molar-refractivity contribution in [2.24, 2.45) is 0 Å². The summed E-state index contributed by atoms with van der Waals surface area (Å²) in [6, 6.07) is 19.6. The van der Waals surface area contributed by atoms with E-state index in [0.29, 0.717) is 35.3 Å². The molecule has 0 unspecified atom stereocenters. The number of aromatic amines is 1. The molecule has 0 aliphatic rings. The van der Waals surface area contributed by atoms with Crippen molar-refractivity contribution < 1.29 is 4.42 Å². The summed E-state index contributed by atoms with van der Waals surface area (Å²) < 4.78 is 5.53. The van der Waals surface area contributed by atoms with E-state index in [0.717, 1.165) is 28.6 Å². The van der Waals surface area contributed by atoms with Crippen LogP contribution in [0.1, 0.15) is 22.5 Å². The molecule has 2 aromatic heterocycles. The summed E-state index contributed by atoms with van der Waals surface area (Å²) in [7, 11) is 0. The highest BCUT2D eigenvalue weighted by Gasteiger charge is 2.15. The number of fused-ring (bicyclic) bond motifs is 1. The lowest BCUT2D eigenvalue weighted by molar-refractivity contribution is 0.350. The highest BCUT2D eigenvalue weighted by molar-refractivity contribution is 7.80. The molecule has 5 nitrogen and oxygen atoms in total. The van der Waals surface area contributed by atoms with Crippen molar-refractivity contribution in [1.29, 1.82) is 0 Å². The van der Waals surface area contributed by atoms with Crippen LogP contribution in [0.15, 0.2) is 76.1 Å². The summed E-state index contributed by atoms with van der Waals surface area (Å²) in [5.41, 5.74) is 3.38. The normalized spacial score (nSPS) is 10.9. The topological polar surface area (TPSA) is 61.3 Å². The van der Waals surface area contributed by atoms with Gasteiger partial charge in [0.25, 0.3) is 5.56 Å². The number of nitrogens with one attached hydrogen (secondary N) is 2. The van der Waals surface area contributed by atoms with Crippen LogP contribution in [0.2, 0.25) is 5.02 Å². The van der Waals surface area contributed by atoms with Crippen LogP contribution in [0.4, 0.5) is 0 Å². The molecule has 0 saturated heterocycles. The van der Waals surface area contributed by atoms with Crippen LogP contribution >= 0.6 is 23.8 Å². The quantitative estimate of drug-likeness (QED) is 0.367. The molecule has 0 saturated carbocycles. The third-order valence-electron chi connectivity index (χ3n) is 5.31. The minimum Gasteiger partial charge on any atom is -0.467 e. The molecular formula is C25H24ClN3O2S. The number of nitrogens with zero attached hydrogens (tertiary/aromatic N) is 1. The largest absolute Gasteiger partial charge is 0.467 e. The number of rotatable bonds is 7. The van der Waals surface area contributed by atoms with E-state index in [-0.39, 0.29) is 5.56 Å². The number of benzene rings is 2. The molecule has 0 bridgehead atoms. The van der Waals surface area contributed by atoms with Gasteiger partial charge in [0.1, 0.15) is 5.76 Å². The van der Waals surface area contributed by atoms with Crippen LogP contribution in [0.25, 0.3) is 10.9 Å². The van der Waals surface area contributed by atoms with E-state index in [2.05, 4.69) is 22.4 Å². The minimum atomic E-state index is -0.158. The Labute approximate surface area is 197 Å². The number of furan rings is 1. The summed E-state index contributed by atoms with van der Waals surface area (Å²) >= 11 is 11.9. The Balaban J connectivity index is 1.53. The maximum atomic E-state index is 12.8. The summed E-state index contributed by atoms with van der Waals surface area (Å²) in [6.45, 7) is 3.46. The highest BCUT2D eigenvalue weighted by atomic mass is 35.5. The van der Waals surface area contributed by atoms with Gasteiger partial charge in [0, 0.05) is 22.6 Å². The van der Waals surface area contributed by atoms with Crippen LogP contribution in [0.5, 0.6) is 0 Å². The molecule has 0 aliphatic heterocycles. The van der Waals surface area contributed by atoms with Gasteiger partial charge in [-0.05, 0) is 72.4 Å². The van der Waals surface area contributed by atoms with E-state index in [1.165, 1.54) is 5.56 Å². The first kappa shape index (κ1) is 22.1. The average Bonchev–Trinajstić information content (AvgIpc) is 3.29. The van der Waals surface area contributed by atoms with E-state index in [9.17, 15) is 4.79 Å². The number of aromatic nitrogens is 1. The number of thiocarbonyl (C=S) groups is 1. The number of H-pyrrole nitrogens is 1. The molecule has 0 atom stereocenters. The van der Waals surface area contributed by atoms with Crippen molar-refractivity contribution in [2.75, 3.05) is 6.54 Å². The SMILES string of the molecule is Cc1cc2cc(CN(Cc3ccco3)C(=S)NCCc3ccccc3)c(=O)[nH]c2cc1Cl. The zero-order valence-electron chi connectivity index (χ0n) is 17.7. The monoisotopic (exact) mass is 465 g/mol. The smallest absolute Gasteiger partial charge is 0.253 e. The molecule has 2 N–H and O–H groups in total. The van der Waals surface area contributed by atoms with Crippen LogP contribution in [0, 0.1) is 6.92 Å². The Morgan fingerprint density at radius 3 is 2.69 bits per heavy atom. The minimum absolute atomic E-state index is 0.158. The molecule has 0 aliphatic carbocycles. The highest BCUT2D eigenvalue weighted by Crippen LogP contribution is 2.22. The Bertz CT molecular complexity index is 1270. The maximum Gasteiger partial charge on any atom is 0.253 e. The molecule has 4 rings (SSSR count). The fourth-order valence-electron chi connectivity index (χ4n) is 3.57. The fraction of sp³-hybridized carbons (Fsp3) is 0.200. The van der Waals surface area contributed by atoms with Crippen LogP contribution in [0.3, 0.4) is 0 Å². The van der Waals surface area contributed by atoms with Gasteiger partial charge in [-0.3, -0.25) is 4.79 Å². The first-order chi connectivity index (χ1) is 15.5. The van der Waals surface area contributed by atoms with Gasteiger partial charge < -0.3 is 19.6 Å². The fourth-order valence-corrected chi connectivity index (χ4v) is 3.97. The lowest BCUT2D eigenvalue weighted by Gasteiger charge is -2.25. The molecule has 0 amide bonds. The Hall–Kier alpha value is -3.09. The van der Waals surface area contributed by atoms with Gasteiger partial charge in [0.15, 0.2) is 5.11 Å². The number of hydrogen-bond acceptors (Lipinski definition) is 3. The summed E-state index contributed by atoms with van der Waals surface area (Å²) in [5.74, 6) is 0.775. The first-order valence-corrected chi connectivity index (χ1v) is 11.2. The van der Waals surface area contributed by atoms with Crippen molar-refractivity contribution in [3.63, 3.8) is 0 Å². The molecule has 4 aromatic rings. The van der Waals surface area contributed by atoms with Crippen molar-refractivity contribution in [3.8, 4) is 0 Å². The molecule has 2 aromatic carbocycles. The van der Waals surface area contributed by atoms with Gasteiger partial charge in [-0.1, -0.05) is 41.9 Å². The van der Waals surface area contributed by atoms with Crippen LogP contribution < -0.4 is 10.9 Å².